The summed E-state index contributed by atoms with van der Waals surface area (Å²) in [6.45, 7) is 9.37. The van der Waals surface area contributed by atoms with E-state index in [9.17, 15) is 0 Å². The fraction of sp³-hybridized carbons (Fsp3) is 0.400. The van der Waals surface area contributed by atoms with Crippen LogP contribution in [-0.4, -0.2) is 15.8 Å². The Morgan fingerprint density at radius 2 is 2.00 bits per heavy atom. The molecule has 1 aromatic carbocycles. The Kier molecular flexibility index (Phi) is 3.82. The molecule has 1 heterocycles. The van der Waals surface area contributed by atoms with Gasteiger partial charge in [0.15, 0.2) is 0 Å². The summed E-state index contributed by atoms with van der Waals surface area (Å²) in [7, 11) is 0. The van der Waals surface area contributed by atoms with E-state index in [4.69, 9.17) is 0 Å². The predicted molar refractivity (Wildman–Crippen MR) is 75.0 cm³/mol. The van der Waals surface area contributed by atoms with E-state index in [0.29, 0.717) is 6.04 Å². The van der Waals surface area contributed by atoms with Crippen LogP contribution in [-0.2, 0) is 6.54 Å². The molecule has 0 bridgehead atoms. The van der Waals surface area contributed by atoms with Crippen LogP contribution in [0.2, 0.25) is 0 Å². The molecule has 0 saturated carbocycles. The molecule has 3 heteroatoms. The van der Waals surface area contributed by atoms with Crippen molar-refractivity contribution < 1.29 is 0 Å². The number of benzene rings is 1. The highest BCUT2D eigenvalue weighted by Gasteiger charge is 2.04. The van der Waals surface area contributed by atoms with Crippen molar-refractivity contribution in [3.63, 3.8) is 0 Å². The highest BCUT2D eigenvalue weighted by molar-refractivity contribution is 5.42. The summed E-state index contributed by atoms with van der Waals surface area (Å²) in [5.41, 5.74) is 4.76. The van der Waals surface area contributed by atoms with E-state index in [-0.39, 0.29) is 0 Å². The van der Waals surface area contributed by atoms with Crippen LogP contribution in [0.5, 0.6) is 0 Å². The molecule has 2 aromatic rings. The third-order valence-corrected chi connectivity index (χ3v) is 2.94. The number of aryl methyl sites for hydroxylation is 2. The number of nitrogens with zero attached hydrogens (tertiary/aromatic N) is 2. The lowest BCUT2D eigenvalue weighted by Gasteiger charge is -2.11. The van der Waals surface area contributed by atoms with Crippen LogP contribution in [0, 0.1) is 13.8 Å². The quantitative estimate of drug-likeness (QED) is 0.894. The summed E-state index contributed by atoms with van der Waals surface area (Å²) in [5.74, 6) is 0. The van der Waals surface area contributed by atoms with Crippen LogP contribution in [0.25, 0.3) is 5.69 Å². The van der Waals surface area contributed by atoms with Gasteiger partial charge < -0.3 is 5.32 Å². The molecule has 1 aromatic heterocycles. The zero-order chi connectivity index (χ0) is 13.1. The molecular weight excluding hydrogens is 222 g/mol. The minimum atomic E-state index is 0.513. The Balaban J connectivity index is 2.20. The molecule has 0 saturated heterocycles. The van der Waals surface area contributed by atoms with Gasteiger partial charge in [-0.2, -0.15) is 5.10 Å². The van der Waals surface area contributed by atoms with Crippen molar-refractivity contribution in [1.29, 1.82) is 0 Å². The molecule has 18 heavy (non-hydrogen) atoms. The van der Waals surface area contributed by atoms with Crippen LogP contribution >= 0.6 is 0 Å². The Hall–Kier alpha value is -1.61. The van der Waals surface area contributed by atoms with Crippen LogP contribution < -0.4 is 5.32 Å². The van der Waals surface area contributed by atoms with E-state index in [0.717, 1.165) is 17.9 Å². The predicted octanol–water partition coefficient (Wildman–Crippen LogP) is 2.99. The van der Waals surface area contributed by atoms with Gasteiger partial charge in [-0.1, -0.05) is 26.0 Å². The van der Waals surface area contributed by atoms with Crippen molar-refractivity contribution in [3.8, 4) is 5.69 Å². The van der Waals surface area contributed by atoms with Crippen molar-refractivity contribution in [1.82, 2.24) is 15.1 Å². The van der Waals surface area contributed by atoms with Crippen LogP contribution in [0.4, 0.5) is 0 Å². The van der Waals surface area contributed by atoms with E-state index in [1.165, 1.54) is 11.1 Å². The molecule has 0 radical (unpaired) electrons. The van der Waals surface area contributed by atoms with Crippen LogP contribution in [0.15, 0.2) is 30.5 Å². The first kappa shape index (κ1) is 12.8. The number of rotatable bonds is 4. The van der Waals surface area contributed by atoms with Gasteiger partial charge in [0.05, 0.1) is 11.4 Å². The maximum atomic E-state index is 4.45. The number of hydrogen-bond acceptors (Lipinski definition) is 2. The molecule has 0 aliphatic carbocycles. The van der Waals surface area contributed by atoms with Crippen molar-refractivity contribution in [2.24, 2.45) is 0 Å². The molecule has 96 valence electrons. The van der Waals surface area contributed by atoms with Gasteiger partial charge in [-0.25, -0.2) is 4.68 Å². The molecule has 0 aliphatic heterocycles. The van der Waals surface area contributed by atoms with Gasteiger partial charge in [-0.3, -0.25) is 0 Å². The maximum absolute atomic E-state index is 4.45. The molecule has 0 atom stereocenters. The van der Waals surface area contributed by atoms with Crippen LogP contribution in [0.3, 0.4) is 0 Å². The first-order valence-electron chi connectivity index (χ1n) is 6.42. The second kappa shape index (κ2) is 5.36. The monoisotopic (exact) mass is 243 g/mol. The summed E-state index contributed by atoms with van der Waals surface area (Å²) in [6.07, 6.45) is 2.00. The van der Waals surface area contributed by atoms with E-state index in [1.807, 2.05) is 23.9 Å². The van der Waals surface area contributed by atoms with Gasteiger partial charge in [-0.05, 0) is 37.1 Å². The van der Waals surface area contributed by atoms with E-state index in [2.05, 4.69) is 49.4 Å². The van der Waals surface area contributed by atoms with Crippen molar-refractivity contribution in [2.45, 2.75) is 40.3 Å². The van der Waals surface area contributed by atoms with E-state index >= 15 is 0 Å². The summed E-state index contributed by atoms with van der Waals surface area (Å²) >= 11 is 0. The molecular formula is C15H21N3. The summed E-state index contributed by atoms with van der Waals surface area (Å²) in [6, 6.07) is 9.06. The largest absolute Gasteiger partial charge is 0.310 e. The minimum Gasteiger partial charge on any atom is -0.310 e. The van der Waals surface area contributed by atoms with Gasteiger partial charge in [0.2, 0.25) is 0 Å². The molecule has 0 fully saturated rings. The molecule has 3 nitrogen and oxygen atoms in total. The highest BCUT2D eigenvalue weighted by Crippen LogP contribution is 2.15. The lowest BCUT2D eigenvalue weighted by Crippen LogP contribution is -2.21. The number of hydrogen-bond donors (Lipinski definition) is 1. The first-order chi connectivity index (χ1) is 8.56. The second-order valence-electron chi connectivity index (χ2n) is 5.06. The normalized spacial score (nSPS) is 11.2. The highest BCUT2D eigenvalue weighted by atomic mass is 15.3. The smallest absolute Gasteiger partial charge is 0.0675 e. The Labute approximate surface area is 109 Å². The van der Waals surface area contributed by atoms with Crippen molar-refractivity contribution >= 4 is 0 Å². The van der Waals surface area contributed by atoms with Gasteiger partial charge in [0.1, 0.15) is 0 Å². The second-order valence-corrected chi connectivity index (χ2v) is 5.06. The zero-order valence-electron chi connectivity index (χ0n) is 11.6. The van der Waals surface area contributed by atoms with Gasteiger partial charge in [-0.15, -0.1) is 0 Å². The Morgan fingerprint density at radius 1 is 1.22 bits per heavy atom. The molecule has 2 rings (SSSR count). The standard InChI is InChI=1S/C15H21N3/c1-11(2)16-10-14-5-6-15(12(3)9-14)18-8-7-13(4)17-18/h5-9,11,16H,10H2,1-4H3. The average Bonchev–Trinajstić information content (AvgIpc) is 2.73. The lowest BCUT2D eigenvalue weighted by molar-refractivity contribution is 0.588. The fourth-order valence-corrected chi connectivity index (χ4v) is 1.96. The topological polar surface area (TPSA) is 29.9 Å². The van der Waals surface area contributed by atoms with E-state index < -0.39 is 0 Å². The zero-order valence-corrected chi connectivity index (χ0v) is 11.6. The van der Waals surface area contributed by atoms with Gasteiger partial charge >= 0.3 is 0 Å². The Morgan fingerprint density at radius 3 is 2.56 bits per heavy atom. The third kappa shape index (κ3) is 2.99. The first-order valence-corrected chi connectivity index (χ1v) is 6.42. The number of aromatic nitrogens is 2. The van der Waals surface area contributed by atoms with Crippen LogP contribution in [0.1, 0.15) is 30.7 Å². The van der Waals surface area contributed by atoms with E-state index in [1.54, 1.807) is 0 Å². The molecule has 0 aliphatic rings. The lowest BCUT2D eigenvalue weighted by atomic mass is 10.1. The molecule has 0 amide bonds. The molecule has 0 spiro atoms. The van der Waals surface area contributed by atoms with Gasteiger partial charge in [0.25, 0.3) is 0 Å². The maximum Gasteiger partial charge on any atom is 0.0675 e. The minimum absolute atomic E-state index is 0.513. The SMILES string of the molecule is Cc1ccn(-c2ccc(CNC(C)C)cc2C)n1. The molecule has 0 unspecified atom stereocenters. The fourth-order valence-electron chi connectivity index (χ4n) is 1.96. The third-order valence-electron chi connectivity index (χ3n) is 2.94. The van der Waals surface area contributed by atoms with Crippen molar-refractivity contribution in [3.05, 3.63) is 47.3 Å². The summed E-state index contributed by atoms with van der Waals surface area (Å²) in [5, 5.41) is 7.88. The summed E-state index contributed by atoms with van der Waals surface area (Å²) in [4.78, 5) is 0. The summed E-state index contributed by atoms with van der Waals surface area (Å²) < 4.78 is 1.93. The van der Waals surface area contributed by atoms with Crippen molar-refractivity contribution in [2.75, 3.05) is 0 Å². The molecule has 1 N–H and O–H groups in total. The van der Waals surface area contributed by atoms with Gasteiger partial charge in [0, 0.05) is 18.8 Å². The number of nitrogens with one attached hydrogen (secondary N) is 1. The average molecular weight is 243 g/mol. The Bertz CT molecular complexity index is 526.